The fourth-order valence-corrected chi connectivity index (χ4v) is 1.61. The van der Waals surface area contributed by atoms with Crippen LogP contribution in [0.4, 0.5) is 5.69 Å². The van der Waals surface area contributed by atoms with E-state index in [1.54, 1.807) is 4.90 Å². The third kappa shape index (κ3) is 4.19. The second-order valence-electron chi connectivity index (χ2n) is 4.34. The molecule has 0 saturated carbocycles. The molecular formula is C14H21NO2. The van der Waals surface area contributed by atoms with Crippen molar-refractivity contribution in [1.29, 1.82) is 0 Å². The number of rotatable bonds is 5. The van der Waals surface area contributed by atoms with Crippen LogP contribution < -0.4 is 4.90 Å². The summed E-state index contributed by atoms with van der Waals surface area (Å²) in [5, 5.41) is 0. The van der Waals surface area contributed by atoms with E-state index < -0.39 is 0 Å². The van der Waals surface area contributed by atoms with Crippen LogP contribution in [-0.4, -0.2) is 25.2 Å². The predicted molar refractivity (Wildman–Crippen MR) is 70.3 cm³/mol. The second-order valence-corrected chi connectivity index (χ2v) is 4.34. The molecule has 0 aromatic heterocycles. The van der Waals surface area contributed by atoms with Gasteiger partial charge in [0, 0.05) is 12.2 Å². The molecule has 3 nitrogen and oxygen atoms in total. The van der Waals surface area contributed by atoms with E-state index in [2.05, 4.69) is 0 Å². The van der Waals surface area contributed by atoms with Gasteiger partial charge in [0.15, 0.2) is 0 Å². The third-order valence-corrected chi connectivity index (χ3v) is 2.47. The minimum absolute atomic E-state index is 0.00630. The van der Waals surface area contributed by atoms with Gasteiger partial charge in [-0.15, -0.1) is 0 Å². The van der Waals surface area contributed by atoms with Gasteiger partial charge in [-0.25, -0.2) is 0 Å². The van der Waals surface area contributed by atoms with Gasteiger partial charge in [0.2, 0.25) is 0 Å². The monoisotopic (exact) mass is 235 g/mol. The van der Waals surface area contributed by atoms with Crippen molar-refractivity contribution in [2.45, 2.75) is 33.8 Å². The average molecular weight is 235 g/mol. The van der Waals surface area contributed by atoms with Crippen LogP contribution in [0.15, 0.2) is 24.3 Å². The summed E-state index contributed by atoms with van der Waals surface area (Å²) in [6.07, 6.45) is 0.0789. The number of aryl methyl sites for hydroxylation is 1. The molecule has 0 heterocycles. The van der Waals surface area contributed by atoms with Crippen molar-refractivity contribution in [1.82, 2.24) is 0 Å². The molecule has 0 aliphatic heterocycles. The average Bonchev–Trinajstić information content (AvgIpc) is 2.27. The Hall–Kier alpha value is -1.35. The van der Waals surface area contributed by atoms with E-state index in [4.69, 9.17) is 4.74 Å². The van der Waals surface area contributed by atoms with Crippen molar-refractivity contribution in [3.05, 3.63) is 29.8 Å². The second kappa shape index (κ2) is 6.40. The van der Waals surface area contributed by atoms with Gasteiger partial charge in [-0.3, -0.25) is 4.79 Å². The minimum atomic E-state index is 0.00630. The van der Waals surface area contributed by atoms with Crippen LogP contribution in [0.1, 0.15) is 26.3 Å². The van der Waals surface area contributed by atoms with Crippen LogP contribution in [0.25, 0.3) is 0 Å². The topological polar surface area (TPSA) is 29.5 Å². The van der Waals surface area contributed by atoms with Gasteiger partial charge >= 0.3 is 0 Å². The summed E-state index contributed by atoms with van der Waals surface area (Å²) in [6.45, 7) is 8.64. The Bertz CT molecular complexity index is 374. The molecule has 1 aromatic carbocycles. The lowest BCUT2D eigenvalue weighted by atomic mass is 10.2. The van der Waals surface area contributed by atoms with Crippen molar-refractivity contribution >= 4 is 11.6 Å². The number of hydrogen-bond donors (Lipinski definition) is 0. The van der Waals surface area contributed by atoms with E-state index in [-0.39, 0.29) is 18.6 Å². The van der Waals surface area contributed by atoms with E-state index >= 15 is 0 Å². The first kappa shape index (κ1) is 13.7. The largest absolute Gasteiger partial charge is 0.369 e. The molecule has 1 rings (SSSR count). The summed E-state index contributed by atoms with van der Waals surface area (Å²) in [5.74, 6) is 0.00630. The van der Waals surface area contributed by atoms with Crippen molar-refractivity contribution in [2.24, 2.45) is 0 Å². The van der Waals surface area contributed by atoms with Gasteiger partial charge in [-0.1, -0.05) is 12.1 Å². The smallest absolute Gasteiger partial charge is 0.252 e. The van der Waals surface area contributed by atoms with Crippen LogP contribution in [0, 0.1) is 6.92 Å². The molecule has 1 aromatic rings. The maximum atomic E-state index is 12.0. The Morgan fingerprint density at radius 1 is 1.41 bits per heavy atom. The molecule has 1 amide bonds. The molecule has 94 valence electrons. The predicted octanol–water partition coefficient (Wildman–Crippen LogP) is 2.77. The molecule has 0 saturated heterocycles. The van der Waals surface area contributed by atoms with Gasteiger partial charge < -0.3 is 9.64 Å². The fourth-order valence-electron chi connectivity index (χ4n) is 1.61. The van der Waals surface area contributed by atoms with Crippen LogP contribution in [0.5, 0.6) is 0 Å². The molecule has 0 spiro atoms. The molecule has 0 N–H and O–H groups in total. The number of nitrogens with zero attached hydrogens (tertiary/aromatic N) is 1. The molecule has 0 aliphatic carbocycles. The third-order valence-electron chi connectivity index (χ3n) is 2.47. The maximum Gasteiger partial charge on any atom is 0.252 e. The zero-order valence-corrected chi connectivity index (χ0v) is 11.1. The summed E-state index contributed by atoms with van der Waals surface area (Å²) >= 11 is 0. The highest BCUT2D eigenvalue weighted by molar-refractivity contribution is 5.94. The molecule has 17 heavy (non-hydrogen) atoms. The number of ether oxygens (including phenoxy) is 1. The highest BCUT2D eigenvalue weighted by atomic mass is 16.5. The number of amides is 1. The summed E-state index contributed by atoms with van der Waals surface area (Å²) in [5.41, 5.74) is 2.09. The zero-order chi connectivity index (χ0) is 12.8. The number of carbonyl (C=O) groups excluding carboxylic acids is 1. The Morgan fingerprint density at radius 3 is 2.65 bits per heavy atom. The number of likely N-dealkylation sites (N-methyl/N-ethyl adjacent to an activating group) is 1. The molecular weight excluding hydrogens is 214 g/mol. The Kier molecular flexibility index (Phi) is 5.16. The first-order chi connectivity index (χ1) is 8.04. The van der Waals surface area contributed by atoms with E-state index in [9.17, 15) is 4.79 Å². The molecule has 0 unspecified atom stereocenters. The van der Waals surface area contributed by atoms with Gasteiger partial charge in [0.1, 0.15) is 6.61 Å². The molecule has 3 heteroatoms. The lowest BCUT2D eigenvalue weighted by Gasteiger charge is -2.22. The highest BCUT2D eigenvalue weighted by Gasteiger charge is 2.14. The van der Waals surface area contributed by atoms with Gasteiger partial charge in [0.25, 0.3) is 5.91 Å². The minimum Gasteiger partial charge on any atom is -0.369 e. The number of hydrogen-bond acceptors (Lipinski definition) is 2. The molecule has 0 bridgehead atoms. The van der Waals surface area contributed by atoms with Crippen LogP contribution in [0.2, 0.25) is 0 Å². The molecule has 0 fully saturated rings. The first-order valence-corrected chi connectivity index (χ1v) is 6.03. The number of benzene rings is 1. The van der Waals surface area contributed by atoms with Crippen LogP contribution in [0.3, 0.4) is 0 Å². The Labute approximate surface area is 103 Å². The lowest BCUT2D eigenvalue weighted by molar-refractivity contribution is -0.124. The SMILES string of the molecule is CCN(C(=O)COC(C)C)c1cccc(C)c1. The van der Waals surface area contributed by atoms with E-state index in [0.717, 1.165) is 11.3 Å². The summed E-state index contributed by atoms with van der Waals surface area (Å²) in [7, 11) is 0. The first-order valence-electron chi connectivity index (χ1n) is 6.03. The van der Waals surface area contributed by atoms with Crippen LogP contribution in [-0.2, 0) is 9.53 Å². The molecule has 0 atom stereocenters. The van der Waals surface area contributed by atoms with Crippen molar-refractivity contribution in [2.75, 3.05) is 18.1 Å². The van der Waals surface area contributed by atoms with Crippen molar-refractivity contribution < 1.29 is 9.53 Å². The molecule has 0 aliphatic rings. The van der Waals surface area contributed by atoms with E-state index in [1.165, 1.54) is 0 Å². The molecule has 0 radical (unpaired) electrons. The highest BCUT2D eigenvalue weighted by Crippen LogP contribution is 2.16. The summed E-state index contributed by atoms with van der Waals surface area (Å²) in [4.78, 5) is 13.7. The fraction of sp³-hybridized carbons (Fsp3) is 0.500. The normalized spacial score (nSPS) is 10.6. The van der Waals surface area contributed by atoms with Crippen molar-refractivity contribution in [3.8, 4) is 0 Å². The Morgan fingerprint density at radius 2 is 2.12 bits per heavy atom. The van der Waals surface area contributed by atoms with Gasteiger partial charge in [-0.05, 0) is 45.4 Å². The standard InChI is InChI=1S/C14H21NO2/c1-5-15(14(16)10-17-11(2)3)13-8-6-7-12(4)9-13/h6-9,11H,5,10H2,1-4H3. The van der Waals surface area contributed by atoms with Gasteiger partial charge in [-0.2, -0.15) is 0 Å². The number of carbonyl (C=O) groups is 1. The number of anilines is 1. The van der Waals surface area contributed by atoms with Crippen molar-refractivity contribution in [3.63, 3.8) is 0 Å². The maximum absolute atomic E-state index is 12.0. The van der Waals surface area contributed by atoms with Gasteiger partial charge in [0.05, 0.1) is 6.10 Å². The van der Waals surface area contributed by atoms with E-state index in [0.29, 0.717) is 6.54 Å². The zero-order valence-electron chi connectivity index (χ0n) is 11.1. The lowest BCUT2D eigenvalue weighted by Crippen LogP contribution is -2.34. The van der Waals surface area contributed by atoms with Crippen LogP contribution >= 0.6 is 0 Å². The quantitative estimate of drug-likeness (QED) is 0.785. The van der Waals surface area contributed by atoms with E-state index in [1.807, 2.05) is 52.0 Å². The summed E-state index contributed by atoms with van der Waals surface area (Å²) < 4.78 is 5.35. The Balaban J connectivity index is 2.74. The summed E-state index contributed by atoms with van der Waals surface area (Å²) in [6, 6.07) is 7.94.